The van der Waals surface area contributed by atoms with Gasteiger partial charge in [-0.2, -0.15) is 0 Å². The fourth-order valence-electron chi connectivity index (χ4n) is 4.32. The average Bonchev–Trinajstić information content (AvgIpc) is 3.25. The number of aryl methyl sites for hydroxylation is 1. The third kappa shape index (κ3) is 5.69. The topological polar surface area (TPSA) is 74.4 Å². The van der Waals surface area contributed by atoms with Gasteiger partial charge in [-0.1, -0.05) is 36.4 Å². The molecule has 4 rings (SSSR count). The minimum Gasteiger partial charge on any atom is -0.493 e. The van der Waals surface area contributed by atoms with Crippen molar-refractivity contribution in [2.24, 2.45) is 5.92 Å². The molecule has 1 fully saturated rings. The van der Waals surface area contributed by atoms with E-state index < -0.39 is 0 Å². The van der Waals surface area contributed by atoms with Gasteiger partial charge in [-0.3, -0.25) is 9.59 Å². The molecule has 1 unspecified atom stereocenters. The lowest BCUT2D eigenvalue weighted by Gasteiger charge is -2.32. The summed E-state index contributed by atoms with van der Waals surface area (Å²) in [4.78, 5) is 30.3. The van der Waals surface area contributed by atoms with E-state index in [0.717, 1.165) is 36.9 Å². The lowest BCUT2D eigenvalue weighted by atomic mass is 9.96. The third-order valence-electron chi connectivity index (χ3n) is 6.07. The maximum Gasteiger partial charge on any atom is 0.226 e. The Labute approximate surface area is 188 Å². The highest BCUT2D eigenvalue weighted by Crippen LogP contribution is 2.20. The Morgan fingerprint density at radius 2 is 1.91 bits per heavy atom. The lowest BCUT2D eigenvalue weighted by molar-refractivity contribution is -0.136. The van der Waals surface area contributed by atoms with Gasteiger partial charge in [-0.05, 0) is 49.4 Å². The van der Waals surface area contributed by atoms with E-state index in [1.165, 1.54) is 10.9 Å². The lowest BCUT2D eigenvalue weighted by Crippen LogP contribution is -2.45. The van der Waals surface area contributed by atoms with Crippen molar-refractivity contribution >= 4 is 22.7 Å². The predicted octanol–water partition coefficient (Wildman–Crippen LogP) is 3.92. The van der Waals surface area contributed by atoms with Crippen molar-refractivity contribution < 1.29 is 14.3 Å². The molecular formula is C26H31N3O3. The maximum atomic E-state index is 12.7. The van der Waals surface area contributed by atoms with Crippen LogP contribution >= 0.6 is 0 Å². The molecule has 2 amide bonds. The smallest absolute Gasteiger partial charge is 0.226 e. The number of benzene rings is 2. The van der Waals surface area contributed by atoms with Crippen LogP contribution in [0.25, 0.3) is 10.9 Å². The first-order chi connectivity index (χ1) is 15.7. The van der Waals surface area contributed by atoms with E-state index in [1.807, 2.05) is 47.4 Å². The summed E-state index contributed by atoms with van der Waals surface area (Å²) in [5, 5.41) is 4.32. The third-order valence-corrected chi connectivity index (χ3v) is 6.07. The van der Waals surface area contributed by atoms with Gasteiger partial charge in [-0.15, -0.1) is 0 Å². The molecule has 0 bridgehead atoms. The molecule has 1 aliphatic heterocycles. The molecule has 0 saturated carbocycles. The summed E-state index contributed by atoms with van der Waals surface area (Å²) in [5.41, 5.74) is 2.43. The summed E-state index contributed by atoms with van der Waals surface area (Å²) >= 11 is 0. The molecule has 0 radical (unpaired) electrons. The van der Waals surface area contributed by atoms with Crippen LogP contribution in [0.2, 0.25) is 0 Å². The number of carbonyl (C=O) groups excluding carboxylic acids is 2. The van der Waals surface area contributed by atoms with Crippen LogP contribution in [-0.2, 0) is 16.0 Å². The molecule has 6 heteroatoms. The summed E-state index contributed by atoms with van der Waals surface area (Å²) in [5.74, 6) is 0.749. The quantitative estimate of drug-likeness (QED) is 0.502. The van der Waals surface area contributed by atoms with Gasteiger partial charge in [0, 0.05) is 36.7 Å². The van der Waals surface area contributed by atoms with Gasteiger partial charge in [0.25, 0.3) is 0 Å². The summed E-state index contributed by atoms with van der Waals surface area (Å²) in [6.07, 6.45) is 5.88. The first-order valence-corrected chi connectivity index (χ1v) is 11.5. The summed E-state index contributed by atoms with van der Waals surface area (Å²) in [6.45, 7) is 2.21. The maximum absolute atomic E-state index is 12.7. The molecule has 168 valence electrons. The number of nitrogens with zero attached hydrogens (tertiary/aromatic N) is 1. The second-order valence-electron chi connectivity index (χ2n) is 8.34. The number of hydrogen-bond acceptors (Lipinski definition) is 3. The summed E-state index contributed by atoms with van der Waals surface area (Å²) in [7, 11) is 0. The zero-order valence-corrected chi connectivity index (χ0v) is 18.4. The molecule has 6 nitrogen and oxygen atoms in total. The first-order valence-electron chi connectivity index (χ1n) is 11.5. The zero-order chi connectivity index (χ0) is 22.2. The Bertz CT molecular complexity index is 1030. The van der Waals surface area contributed by atoms with Gasteiger partial charge in [0.2, 0.25) is 11.8 Å². The number of carbonyl (C=O) groups is 2. The van der Waals surface area contributed by atoms with Gasteiger partial charge < -0.3 is 19.9 Å². The number of amides is 2. The summed E-state index contributed by atoms with van der Waals surface area (Å²) < 4.78 is 5.64. The van der Waals surface area contributed by atoms with E-state index in [1.54, 1.807) is 0 Å². The SMILES string of the molecule is O=C(NCCCc1c[nH]c2ccccc12)C1CCCN(C(=O)CCOc2ccccc2)C1. The number of nitrogens with one attached hydrogen (secondary N) is 2. The van der Waals surface area contributed by atoms with Gasteiger partial charge in [0.05, 0.1) is 18.9 Å². The first kappa shape index (κ1) is 21.9. The van der Waals surface area contributed by atoms with Crippen LogP contribution in [0.4, 0.5) is 0 Å². The highest BCUT2D eigenvalue weighted by atomic mass is 16.5. The van der Waals surface area contributed by atoms with E-state index in [0.29, 0.717) is 32.7 Å². The van der Waals surface area contributed by atoms with Gasteiger partial charge in [0.1, 0.15) is 5.75 Å². The summed E-state index contributed by atoms with van der Waals surface area (Å²) in [6, 6.07) is 17.8. The van der Waals surface area contributed by atoms with Crippen molar-refractivity contribution in [3.05, 3.63) is 66.4 Å². The van der Waals surface area contributed by atoms with Gasteiger partial charge in [-0.25, -0.2) is 0 Å². The molecule has 1 atom stereocenters. The standard InChI is InChI=1S/C26H31N3O3/c30-25(14-17-32-22-10-2-1-3-11-22)29-16-7-9-21(19-29)26(31)27-15-6-8-20-18-28-24-13-5-4-12-23(20)24/h1-5,10-13,18,21,28H,6-9,14-17,19H2,(H,27,31). The molecule has 1 saturated heterocycles. The van der Waals surface area contributed by atoms with E-state index in [9.17, 15) is 9.59 Å². The fourth-order valence-corrected chi connectivity index (χ4v) is 4.32. The number of aromatic amines is 1. The van der Waals surface area contributed by atoms with Crippen LogP contribution in [0, 0.1) is 5.92 Å². The van der Waals surface area contributed by atoms with Gasteiger partial charge >= 0.3 is 0 Å². The van der Waals surface area contributed by atoms with E-state index in [2.05, 4.69) is 28.6 Å². The van der Waals surface area contributed by atoms with Crippen molar-refractivity contribution in [3.8, 4) is 5.75 Å². The van der Waals surface area contributed by atoms with E-state index in [4.69, 9.17) is 4.74 Å². The number of aromatic nitrogens is 1. The molecular weight excluding hydrogens is 402 g/mol. The van der Waals surface area contributed by atoms with Crippen molar-refractivity contribution in [1.29, 1.82) is 0 Å². The van der Waals surface area contributed by atoms with E-state index >= 15 is 0 Å². The molecule has 1 aliphatic rings. The van der Waals surface area contributed by atoms with Crippen LogP contribution < -0.4 is 10.1 Å². The minimum atomic E-state index is -0.129. The average molecular weight is 434 g/mol. The molecule has 32 heavy (non-hydrogen) atoms. The van der Waals surface area contributed by atoms with Crippen LogP contribution in [0.3, 0.4) is 0 Å². The number of rotatable bonds is 9. The molecule has 0 aliphatic carbocycles. The Kier molecular flexibility index (Phi) is 7.43. The van der Waals surface area contributed by atoms with E-state index in [-0.39, 0.29) is 17.7 Å². The van der Waals surface area contributed by atoms with Crippen molar-refractivity contribution in [1.82, 2.24) is 15.2 Å². The number of H-pyrrole nitrogens is 1. The highest BCUT2D eigenvalue weighted by Gasteiger charge is 2.28. The van der Waals surface area contributed by atoms with Crippen LogP contribution in [0.15, 0.2) is 60.8 Å². The van der Waals surface area contributed by atoms with Crippen molar-refractivity contribution in [2.75, 3.05) is 26.2 Å². The largest absolute Gasteiger partial charge is 0.493 e. The van der Waals surface area contributed by atoms with Crippen LogP contribution in [-0.4, -0.2) is 47.9 Å². The number of piperidine rings is 1. The number of fused-ring (bicyclic) bond motifs is 1. The number of para-hydroxylation sites is 2. The van der Waals surface area contributed by atoms with Crippen LogP contribution in [0.5, 0.6) is 5.75 Å². The Morgan fingerprint density at radius 3 is 2.78 bits per heavy atom. The molecule has 3 aromatic rings. The minimum absolute atomic E-state index is 0.0535. The predicted molar refractivity (Wildman–Crippen MR) is 125 cm³/mol. The Balaban J connectivity index is 1.17. The molecule has 2 N–H and O–H groups in total. The van der Waals surface area contributed by atoms with Crippen LogP contribution in [0.1, 0.15) is 31.2 Å². The number of ether oxygens (including phenoxy) is 1. The Morgan fingerprint density at radius 1 is 1.09 bits per heavy atom. The zero-order valence-electron chi connectivity index (χ0n) is 18.4. The molecule has 2 aromatic carbocycles. The second kappa shape index (κ2) is 10.8. The number of likely N-dealkylation sites (tertiary alicyclic amines) is 1. The monoisotopic (exact) mass is 433 g/mol. The Hall–Kier alpha value is -3.28. The molecule has 1 aromatic heterocycles. The normalized spacial score (nSPS) is 16.1. The molecule has 0 spiro atoms. The fraction of sp³-hybridized carbons (Fsp3) is 0.385. The highest BCUT2D eigenvalue weighted by molar-refractivity contribution is 5.83. The van der Waals surface area contributed by atoms with Crippen molar-refractivity contribution in [3.63, 3.8) is 0 Å². The van der Waals surface area contributed by atoms with Gasteiger partial charge in [0.15, 0.2) is 0 Å². The van der Waals surface area contributed by atoms with Crippen molar-refractivity contribution in [2.45, 2.75) is 32.1 Å². The molecule has 2 heterocycles. The second-order valence-corrected chi connectivity index (χ2v) is 8.34. The number of hydrogen-bond donors (Lipinski definition) is 2.